The van der Waals surface area contributed by atoms with Crippen LogP contribution in [0.4, 0.5) is 4.39 Å². The molecule has 0 radical (unpaired) electrons. The number of halogens is 1. The van der Waals surface area contributed by atoms with Gasteiger partial charge in [0.25, 0.3) is 0 Å². The smallest absolute Gasteiger partial charge is 0.243 e. The first-order chi connectivity index (χ1) is 9.90. The van der Waals surface area contributed by atoms with Crippen molar-refractivity contribution in [3.63, 3.8) is 0 Å². The van der Waals surface area contributed by atoms with Gasteiger partial charge in [-0.1, -0.05) is 13.0 Å². The minimum absolute atomic E-state index is 0.135. The molecule has 1 atom stereocenters. The summed E-state index contributed by atoms with van der Waals surface area (Å²) in [6, 6.07) is 3.61. The van der Waals surface area contributed by atoms with Crippen LogP contribution in [-0.4, -0.2) is 55.5 Å². The first-order valence-electron chi connectivity index (χ1n) is 6.99. The molecule has 1 aromatic rings. The van der Waals surface area contributed by atoms with Crippen LogP contribution in [-0.2, 0) is 16.6 Å². The monoisotopic (exact) mass is 316 g/mol. The molecule has 2 rings (SSSR count). The van der Waals surface area contributed by atoms with E-state index in [1.807, 2.05) is 14.0 Å². The molecule has 1 aromatic carbocycles. The first kappa shape index (κ1) is 16.4. The number of likely N-dealkylation sites (N-methyl/N-ethyl adjacent to an activating group) is 1. The van der Waals surface area contributed by atoms with Gasteiger partial charge in [0.1, 0.15) is 5.82 Å². The van der Waals surface area contributed by atoms with E-state index in [-0.39, 0.29) is 16.5 Å². The molecule has 1 heterocycles. The lowest BCUT2D eigenvalue weighted by Gasteiger charge is -2.38. The van der Waals surface area contributed by atoms with Gasteiger partial charge in [-0.15, -0.1) is 0 Å². The molecular formula is C14H21FN2O3S. The average Bonchev–Trinajstić information content (AvgIpc) is 2.47. The van der Waals surface area contributed by atoms with E-state index in [1.54, 1.807) is 0 Å². The number of hydrogen-bond donors (Lipinski definition) is 1. The maximum absolute atomic E-state index is 13.4. The van der Waals surface area contributed by atoms with E-state index in [0.29, 0.717) is 19.6 Å². The van der Waals surface area contributed by atoms with Crippen LogP contribution in [0.25, 0.3) is 0 Å². The Hall–Kier alpha value is -1.02. The molecule has 1 fully saturated rings. The Balaban J connectivity index is 2.36. The Kier molecular flexibility index (Phi) is 4.98. The van der Waals surface area contributed by atoms with Gasteiger partial charge in [0.15, 0.2) is 0 Å². The van der Waals surface area contributed by atoms with Crippen molar-refractivity contribution in [1.82, 2.24) is 9.21 Å². The molecule has 118 valence electrons. The maximum atomic E-state index is 13.4. The number of aliphatic hydroxyl groups excluding tert-OH is 1. The van der Waals surface area contributed by atoms with E-state index in [2.05, 4.69) is 4.90 Å². The molecule has 0 spiro atoms. The summed E-state index contributed by atoms with van der Waals surface area (Å²) >= 11 is 0. The average molecular weight is 316 g/mol. The molecular weight excluding hydrogens is 295 g/mol. The van der Waals surface area contributed by atoms with Crippen molar-refractivity contribution in [2.75, 3.05) is 26.7 Å². The number of rotatable bonds is 4. The Morgan fingerprint density at radius 2 is 2.10 bits per heavy atom. The topological polar surface area (TPSA) is 60.9 Å². The second kappa shape index (κ2) is 6.39. The van der Waals surface area contributed by atoms with Crippen molar-refractivity contribution in [3.05, 3.63) is 29.6 Å². The third-order valence-corrected chi connectivity index (χ3v) is 5.98. The Labute approximate surface area is 125 Å². The van der Waals surface area contributed by atoms with Gasteiger partial charge in [-0.3, -0.25) is 0 Å². The van der Waals surface area contributed by atoms with E-state index in [4.69, 9.17) is 0 Å². The maximum Gasteiger partial charge on any atom is 0.243 e. The minimum Gasteiger partial charge on any atom is -0.392 e. The van der Waals surface area contributed by atoms with Crippen molar-refractivity contribution in [2.45, 2.75) is 30.9 Å². The molecule has 5 nitrogen and oxygen atoms in total. The minimum atomic E-state index is -3.79. The second-order valence-electron chi connectivity index (χ2n) is 5.32. The summed E-state index contributed by atoms with van der Waals surface area (Å²) < 4.78 is 40.2. The molecule has 1 saturated heterocycles. The van der Waals surface area contributed by atoms with E-state index >= 15 is 0 Å². The predicted molar refractivity (Wildman–Crippen MR) is 77.8 cm³/mol. The fourth-order valence-corrected chi connectivity index (χ4v) is 4.31. The van der Waals surface area contributed by atoms with Crippen molar-refractivity contribution in [3.8, 4) is 0 Å². The van der Waals surface area contributed by atoms with E-state index in [0.717, 1.165) is 18.6 Å². The summed E-state index contributed by atoms with van der Waals surface area (Å²) in [6.45, 7) is 2.98. The summed E-state index contributed by atoms with van der Waals surface area (Å²) in [4.78, 5) is 1.99. The fraction of sp³-hybridized carbons (Fsp3) is 0.571. The second-order valence-corrected chi connectivity index (χ2v) is 7.22. The molecule has 1 aliphatic heterocycles. The number of piperazine rings is 1. The molecule has 0 aromatic heterocycles. The zero-order chi connectivity index (χ0) is 15.6. The molecule has 7 heteroatoms. The number of benzene rings is 1. The Bertz CT molecular complexity index is 606. The van der Waals surface area contributed by atoms with E-state index in [9.17, 15) is 17.9 Å². The molecule has 1 unspecified atom stereocenters. The molecule has 0 aliphatic carbocycles. The van der Waals surface area contributed by atoms with Crippen LogP contribution >= 0.6 is 0 Å². The van der Waals surface area contributed by atoms with Gasteiger partial charge in [0.2, 0.25) is 10.0 Å². The third kappa shape index (κ3) is 3.26. The van der Waals surface area contributed by atoms with Crippen molar-refractivity contribution in [2.24, 2.45) is 0 Å². The fourth-order valence-electron chi connectivity index (χ4n) is 2.61. The number of nitrogens with zero attached hydrogens (tertiary/aromatic N) is 2. The van der Waals surface area contributed by atoms with Gasteiger partial charge in [-0.25, -0.2) is 12.8 Å². The summed E-state index contributed by atoms with van der Waals surface area (Å²) in [5, 5.41) is 9.30. The van der Waals surface area contributed by atoms with Crippen LogP contribution in [0.3, 0.4) is 0 Å². The summed E-state index contributed by atoms with van der Waals surface area (Å²) in [5.74, 6) is -0.619. The number of hydrogen-bond acceptors (Lipinski definition) is 4. The summed E-state index contributed by atoms with van der Waals surface area (Å²) in [7, 11) is -1.82. The standard InChI is InChI=1S/C14H21FN2O3S/c1-3-13-9-17(7-6-16(13)2)21(19,20)14-8-12(15)5-4-11(14)10-18/h4-5,8,13,18H,3,6-7,9-10H2,1-2H3. The summed E-state index contributed by atoms with van der Waals surface area (Å²) in [5.41, 5.74) is 0.225. The lowest BCUT2D eigenvalue weighted by Crippen LogP contribution is -2.52. The van der Waals surface area contributed by atoms with Gasteiger partial charge >= 0.3 is 0 Å². The number of sulfonamides is 1. The molecule has 0 saturated carbocycles. The highest BCUT2D eigenvalue weighted by molar-refractivity contribution is 7.89. The van der Waals surface area contributed by atoms with Crippen molar-refractivity contribution in [1.29, 1.82) is 0 Å². The summed E-state index contributed by atoms with van der Waals surface area (Å²) in [6.07, 6.45) is 0.846. The SMILES string of the molecule is CCC1CN(S(=O)(=O)c2cc(F)ccc2CO)CCN1C. The molecule has 1 N–H and O–H groups in total. The predicted octanol–water partition coefficient (Wildman–Crippen LogP) is 1.03. The third-order valence-electron chi connectivity index (χ3n) is 4.03. The van der Waals surface area contributed by atoms with Crippen LogP contribution < -0.4 is 0 Å². The van der Waals surface area contributed by atoms with Crippen LogP contribution in [0.5, 0.6) is 0 Å². The Morgan fingerprint density at radius 1 is 1.38 bits per heavy atom. The van der Waals surface area contributed by atoms with Crippen LogP contribution in [0.1, 0.15) is 18.9 Å². The molecule has 0 bridgehead atoms. The Morgan fingerprint density at radius 3 is 2.71 bits per heavy atom. The lowest BCUT2D eigenvalue weighted by molar-refractivity contribution is 0.144. The molecule has 0 amide bonds. The molecule has 1 aliphatic rings. The van der Waals surface area contributed by atoms with Gasteiger partial charge in [-0.2, -0.15) is 4.31 Å². The number of aliphatic hydroxyl groups is 1. The van der Waals surface area contributed by atoms with Gasteiger partial charge in [-0.05, 0) is 31.2 Å². The van der Waals surface area contributed by atoms with E-state index < -0.39 is 22.4 Å². The van der Waals surface area contributed by atoms with Gasteiger partial charge < -0.3 is 10.0 Å². The van der Waals surface area contributed by atoms with E-state index in [1.165, 1.54) is 10.4 Å². The zero-order valence-corrected chi connectivity index (χ0v) is 13.1. The quantitative estimate of drug-likeness (QED) is 0.901. The van der Waals surface area contributed by atoms with Crippen molar-refractivity contribution >= 4 is 10.0 Å². The lowest BCUT2D eigenvalue weighted by atomic mass is 10.1. The normalized spacial score (nSPS) is 21.6. The van der Waals surface area contributed by atoms with Crippen LogP contribution in [0.15, 0.2) is 23.1 Å². The highest BCUT2D eigenvalue weighted by Gasteiger charge is 2.33. The highest BCUT2D eigenvalue weighted by Crippen LogP contribution is 2.24. The largest absolute Gasteiger partial charge is 0.392 e. The van der Waals surface area contributed by atoms with Crippen LogP contribution in [0, 0.1) is 5.82 Å². The van der Waals surface area contributed by atoms with Crippen LogP contribution in [0.2, 0.25) is 0 Å². The first-order valence-corrected chi connectivity index (χ1v) is 8.43. The highest BCUT2D eigenvalue weighted by atomic mass is 32.2. The van der Waals surface area contributed by atoms with Gasteiger partial charge in [0.05, 0.1) is 11.5 Å². The van der Waals surface area contributed by atoms with Crippen molar-refractivity contribution < 1.29 is 17.9 Å². The zero-order valence-electron chi connectivity index (χ0n) is 12.3. The van der Waals surface area contributed by atoms with Gasteiger partial charge in [0, 0.05) is 25.7 Å². The molecule has 21 heavy (non-hydrogen) atoms.